The van der Waals surface area contributed by atoms with Crippen LogP contribution < -0.4 is 14.2 Å². The van der Waals surface area contributed by atoms with E-state index in [9.17, 15) is 13.6 Å². The van der Waals surface area contributed by atoms with E-state index < -0.39 is 6.61 Å². The number of rotatable bonds is 11. The van der Waals surface area contributed by atoms with Gasteiger partial charge in [-0.15, -0.1) is 0 Å². The first-order chi connectivity index (χ1) is 18.3. The van der Waals surface area contributed by atoms with Crippen molar-refractivity contribution in [1.82, 2.24) is 14.3 Å². The predicted molar refractivity (Wildman–Crippen MR) is 137 cm³/mol. The number of alkyl halides is 2. The van der Waals surface area contributed by atoms with E-state index in [4.69, 9.17) is 18.9 Å². The summed E-state index contributed by atoms with van der Waals surface area (Å²) in [6.07, 6.45) is 6.09. The molecule has 0 N–H and O–H groups in total. The molecule has 204 valence electrons. The molecule has 0 amide bonds. The molecule has 0 bridgehead atoms. The van der Waals surface area contributed by atoms with Crippen LogP contribution in [0.1, 0.15) is 43.5 Å². The molecule has 2 fully saturated rings. The Bertz CT molecular complexity index is 1280. The highest BCUT2D eigenvalue weighted by molar-refractivity contribution is 6.02. The molecule has 2 aliphatic rings. The number of benzene rings is 1. The Morgan fingerprint density at radius 2 is 1.89 bits per heavy atom. The van der Waals surface area contributed by atoms with Gasteiger partial charge in [0.25, 0.3) is 0 Å². The molecule has 2 aromatic heterocycles. The summed E-state index contributed by atoms with van der Waals surface area (Å²) in [5.41, 5.74) is 1.87. The molecule has 0 spiro atoms. The van der Waals surface area contributed by atoms with Gasteiger partial charge in [-0.1, -0.05) is 0 Å². The third kappa shape index (κ3) is 6.07. The zero-order valence-corrected chi connectivity index (χ0v) is 21.9. The van der Waals surface area contributed by atoms with Crippen LogP contribution in [0.2, 0.25) is 0 Å². The fraction of sp³-hybridized carbons (Fsp3) is 0.500. The number of pyridine rings is 1. The fourth-order valence-electron chi connectivity index (χ4n) is 5.07. The molecule has 1 saturated heterocycles. The molecule has 0 radical (unpaired) electrons. The minimum absolute atomic E-state index is 0.0528. The molecule has 1 aliphatic carbocycles. The molecular weight excluding hydrogens is 496 g/mol. The molecule has 10 heteroatoms. The van der Waals surface area contributed by atoms with E-state index >= 15 is 0 Å². The summed E-state index contributed by atoms with van der Waals surface area (Å²) < 4.78 is 50.4. The third-order valence-corrected chi connectivity index (χ3v) is 6.90. The van der Waals surface area contributed by atoms with Crippen LogP contribution in [-0.4, -0.2) is 72.2 Å². The Morgan fingerprint density at radius 3 is 2.58 bits per heavy atom. The lowest BCUT2D eigenvalue weighted by atomic mass is 10.00. The third-order valence-electron chi connectivity index (χ3n) is 6.90. The fourth-order valence-corrected chi connectivity index (χ4v) is 5.07. The summed E-state index contributed by atoms with van der Waals surface area (Å²) in [5.74, 6) is 0.728. The highest BCUT2D eigenvalue weighted by Gasteiger charge is 2.30. The molecule has 3 aromatic rings. The molecule has 3 heterocycles. The van der Waals surface area contributed by atoms with E-state index in [1.807, 2.05) is 22.7 Å². The summed E-state index contributed by atoms with van der Waals surface area (Å²) in [4.78, 5) is 19.7. The van der Waals surface area contributed by atoms with Crippen molar-refractivity contribution in [1.29, 1.82) is 0 Å². The van der Waals surface area contributed by atoms with Gasteiger partial charge in [-0.25, -0.2) is 4.98 Å². The minimum Gasteiger partial charge on any atom is -0.496 e. The quantitative estimate of drug-likeness (QED) is 0.321. The maximum atomic E-state index is 13.3. The van der Waals surface area contributed by atoms with E-state index in [1.165, 1.54) is 13.2 Å². The van der Waals surface area contributed by atoms with E-state index in [1.54, 1.807) is 12.3 Å². The predicted octanol–water partition coefficient (Wildman–Crippen LogP) is 5.08. The van der Waals surface area contributed by atoms with Crippen molar-refractivity contribution in [2.75, 3.05) is 33.4 Å². The van der Waals surface area contributed by atoms with Gasteiger partial charge < -0.3 is 18.9 Å². The molecule has 1 saturated carbocycles. The van der Waals surface area contributed by atoms with Crippen LogP contribution in [0, 0.1) is 5.92 Å². The maximum Gasteiger partial charge on any atom is 0.387 e. The van der Waals surface area contributed by atoms with E-state index in [0.717, 1.165) is 32.5 Å². The first-order valence-corrected chi connectivity index (χ1v) is 13.0. The number of imidazole rings is 1. The molecule has 2 unspecified atom stereocenters. The lowest BCUT2D eigenvalue weighted by molar-refractivity contribution is -0.0699. The maximum absolute atomic E-state index is 13.3. The summed E-state index contributed by atoms with van der Waals surface area (Å²) in [5, 5.41) is 0. The Labute approximate surface area is 220 Å². The summed E-state index contributed by atoms with van der Waals surface area (Å²) in [6, 6.07) is 6.78. The SMILES string of the molecule is COc1cc(-c2cnc3cc(OCCN4CC(C)OC(C)C4)ccn23)cc(OC(F)F)c1C(=O)CC1CC1. The Balaban J connectivity index is 1.36. The number of methoxy groups -OCH3 is 1. The largest absolute Gasteiger partial charge is 0.496 e. The second-order valence-corrected chi connectivity index (χ2v) is 10.1. The molecular formula is C28H33F2N3O5. The summed E-state index contributed by atoms with van der Waals surface area (Å²) >= 11 is 0. The lowest BCUT2D eigenvalue weighted by Crippen LogP contribution is -2.46. The lowest BCUT2D eigenvalue weighted by Gasteiger charge is -2.35. The van der Waals surface area contributed by atoms with Crippen molar-refractivity contribution in [2.45, 2.75) is 51.9 Å². The van der Waals surface area contributed by atoms with Crippen molar-refractivity contribution in [3.8, 4) is 28.5 Å². The molecule has 8 nitrogen and oxygen atoms in total. The van der Waals surface area contributed by atoms with Gasteiger partial charge in [0.2, 0.25) is 0 Å². The molecule has 1 aliphatic heterocycles. The van der Waals surface area contributed by atoms with Gasteiger partial charge >= 0.3 is 6.61 Å². The average molecular weight is 530 g/mol. The number of carbonyl (C=O) groups excluding carboxylic acids is 1. The number of hydrogen-bond donors (Lipinski definition) is 0. The number of ketones is 1. The Kier molecular flexibility index (Phi) is 7.80. The van der Waals surface area contributed by atoms with E-state index in [2.05, 4.69) is 23.7 Å². The van der Waals surface area contributed by atoms with Crippen molar-refractivity contribution in [3.05, 3.63) is 42.2 Å². The normalized spacial score (nSPS) is 20.2. The topological polar surface area (TPSA) is 74.5 Å². The van der Waals surface area contributed by atoms with Crippen LogP contribution in [0.4, 0.5) is 8.78 Å². The molecule has 5 rings (SSSR count). The Hall–Kier alpha value is -3.24. The number of halogens is 2. The average Bonchev–Trinajstić information content (AvgIpc) is 3.57. The van der Waals surface area contributed by atoms with Crippen molar-refractivity contribution >= 4 is 11.4 Å². The number of ether oxygens (including phenoxy) is 4. The van der Waals surface area contributed by atoms with Gasteiger partial charge in [0.1, 0.15) is 35.1 Å². The summed E-state index contributed by atoms with van der Waals surface area (Å²) in [6.45, 7) is 4.15. The van der Waals surface area contributed by atoms with Crippen LogP contribution >= 0.6 is 0 Å². The van der Waals surface area contributed by atoms with E-state index in [-0.39, 0.29) is 41.5 Å². The second-order valence-electron chi connectivity index (χ2n) is 10.1. The zero-order valence-electron chi connectivity index (χ0n) is 21.9. The number of hydrogen-bond acceptors (Lipinski definition) is 7. The molecule has 1 aromatic carbocycles. The van der Waals surface area contributed by atoms with Crippen LogP contribution in [0.5, 0.6) is 17.2 Å². The summed E-state index contributed by atoms with van der Waals surface area (Å²) in [7, 11) is 1.41. The smallest absolute Gasteiger partial charge is 0.387 e. The highest BCUT2D eigenvalue weighted by atomic mass is 19.3. The number of carbonyl (C=O) groups is 1. The first-order valence-electron chi connectivity index (χ1n) is 13.0. The van der Waals surface area contributed by atoms with Gasteiger partial charge in [-0.2, -0.15) is 8.78 Å². The van der Waals surface area contributed by atoms with Crippen molar-refractivity contribution in [2.24, 2.45) is 5.92 Å². The monoisotopic (exact) mass is 529 g/mol. The van der Waals surface area contributed by atoms with Gasteiger partial charge in [0.05, 0.1) is 31.2 Å². The molecule has 38 heavy (non-hydrogen) atoms. The van der Waals surface area contributed by atoms with Crippen molar-refractivity contribution < 1.29 is 32.5 Å². The van der Waals surface area contributed by atoms with E-state index in [0.29, 0.717) is 35.2 Å². The van der Waals surface area contributed by atoms with Crippen LogP contribution in [-0.2, 0) is 4.74 Å². The van der Waals surface area contributed by atoms with Crippen LogP contribution in [0.15, 0.2) is 36.7 Å². The number of morpholine rings is 1. The van der Waals surface area contributed by atoms with Gasteiger partial charge in [0.15, 0.2) is 5.78 Å². The van der Waals surface area contributed by atoms with Crippen molar-refractivity contribution in [3.63, 3.8) is 0 Å². The standard InChI is InChI=1S/C28H33F2N3O5/c1-17-15-32(16-18(2)37-17)8-9-36-21-6-7-33-22(14-31-26(33)13-21)20-11-24(35-3)27(23(34)10-19-4-5-19)25(12-20)38-28(29)30/h6-7,11-14,17-19,28H,4-5,8-10,15-16H2,1-3H3. The number of aromatic nitrogens is 2. The minimum atomic E-state index is -3.08. The molecule has 2 atom stereocenters. The van der Waals surface area contributed by atoms with Crippen LogP contribution in [0.25, 0.3) is 16.9 Å². The number of nitrogens with zero attached hydrogens (tertiary/aromatic N) is 3. The number of fused-ring (bicyclic) bond motifs is 1. The zero-order chi connectivity index (χ0) is 26.8. The van der Waals surface area contributed by atoms with Crippen LogP contribution in [0.3, 0.4) is 0 Å². The van der Waals surface area contributed by atoms with Gasteiger partial charge in [-0.3, -0.25) is 14.1 Å². The van der Waals surface area contributed by atoms with Gasteiger partial charge in [-0.05, 0) is 50.8 Å². The second kappa shape index (κ2) is 11.2. The highest BCUT2D eigenvalue weighted by Crippen LogP contribution is 2.40. The van der Waals surface area contributed by atoms with Gasteiger partial charge in [0, 0.05) is 43.9 Å². The number of Topliss-reactive ketones (excluding diaryl/α,β-unsaturated/α-hetero) is 1. The Morgan fingerprint density at radius 1 is 1.16 bits per heavy atom. The first kappa shape index (κ1) is 26.4.